The fraction of sp³-hybridized carbons (Fsp3) is 0.417. The summed E-state index contributed by atoms with van der Waals surface area (Å²) in [5.74, 6) is -0.452. The van der Waals surface area contributed by atoms with Crippen LogP contribution in [0.1, 0.15) is 44.2 Å². The third-order valence-corrected chi connectivity index (χ3v) is 7.52. The van der Waals surface area contributed by atoms with Crippen molar-refractivity contribution in [3.63, 3.8) is 0 Å². The van der Waals surface area contributed by atoms with Gasteiger partial charge in [-0.3, -0.25) is 9.59 Å². The molecule has 46 heavy (non-hydrogen) atoms. The Hall–Kier alpha value is -4.41. The lowest BCUT2D eigenvalue weighted by molar-refractivity contribution is -0.192. The minimum absolute atomic E-state index is 0.0707. The van der Waals surface area contributed by atoms with Crippen molar-refractivity contribution in [3.8, 4) is 5.75 Å². The molecule has 3 aromatic rings. The van der Waals surface area contributed by atoms with Gasteiger partial charge >= 0.3 is 6.09 Å². The number of carbonyl (C=O) groups excluding carboxylic acids is 3. The van der Waals surface area contributed by atoms with Gasteiger partial charge in [0.15, 0.2) is 6.29 Å². The van der Waals surface area contributed by atoms with Crippen LogP contribution >= 0.6 is 0 Å². The Labute approximate surface area is 271 Å². The highest BCUT2D eigenvalue weighted by molar-refractivity contribution is 5.91. The van der Waals surface area contributed by atoms with Crippen molar-refractivity contribution in [2.45, 2.75) is 70.6 Å². The summed E-state index contributed by atoms with van der Waals surface area (Å²) < 4.78 is 23.3. The number of hydrogen-bond acceptors (Lipinski definition) is 7. The number of hydrogen-bond donors (Lipinski definition) is 3. The largest absolute Gasteiger partial charge is 0.491 e. The van der Waals surface area contributed by atoms with E-state index in [2.05, 4.69) is 16.0 Å². The maximum Gasteiger partial charge on any atom is 0.408 e. The van der Waals surface area contributed by atoms with Crippen molar-refractivity contribution in [2.24, 2.45) is 5.92 Å². The number of alkyl carbamates (subject to hydrolysis) is 1. The molecule has 2 unspecified atom stereocenters. The van der Waals surface area contributed by atoms with E-state index in [-0.39, 0.29) is 44.3 Å². The Morgan fingerprint density at radius 1 is 0.826 bits per heavy atom. The van der Waals surface area contributed by atoms with Crippen LogP contribution in [-0.4, -0.2) is 62.1 Å². The van der Waals surface area contributed by atoms with Crippen molar-refractivity contribution in [1.82, 2.24) is 16.0 Å². The zero-order chi connectivity index (χ0) is 32.6. The Morgan fingerprint density at radius 3 is 2.11 bits per heavy atom. The molecule has 1 aliphatic rings. The van der Waals surface area contributed by atoms with Crippen LogP contribution in [0.3, 0.4) is 0 Å². The molecule has 0 aliphatic carbocycles. The van der Waals surface area contributed by atoms with E-state index in [1.807, 2.05) is 105 Å². The molecule has 0 spiro atoms. The van der Waals surface area contributed by atoms with E-state index in [0.717, 1.165) is 30.4 Å². The average Bonchev–Trinajstić information content (AvgIpc) is 3.08. The zero-order valence-electron chi connectivity index (χ0n) is 26.6. The molecule has 0 radical (unpaired) electrons. The highest BCUT2D eigenvalue weighted by atomic mass is 16.7. The van der Waals surface area contributed by atoms with Crippen LogP contribution in [0, 0.1) is 5.92 Å². The molecule has 1 heterocycles. The number of amides is 3. The van der Waals surface area contributed by atoms with Gasteiger partial charge in [0.1, 0.15) is 37.2 Å². The summed E-state index contributed by atoms with van der Waals surface area (Å²) in [6.45, 7) is 4.67. The SMILES string of the molecule is CC(C)[C@H](NC(=O)OCc1ccccc1)C(=O)N[C@@H](Cc1ccccc1)C(=O)NCC(COc1ccccc1)OC1CCCCO1. The molecule has 0 aromatic heterocycles. The molecule has 4 atom stereocenters. The molecule has 1 saturated heterocycles. The quantitative estimate of drug-likeness (QED) is 0.208. The molecular weight excluding hydrogens is 586 g/mol. The van der Waals surface area contributed by atoms with E-state index in [0.29, 0.717) is 12.4 Å². The van der Waals surface area contributed by atoms with Gasteiger partial charge in [-0.2, -0.15) is 0 Å². The highest BCUT2D eigenvalue weighted by Crippen LogP contribution is 2.17. The number of ether oxygens (including phenoxy) is 4. The van der Waals surface area contributed by atoms with Gasteiger partial charge in [-0.25, -0.2) is 4.79 Å². The topological polar surface area (TPSA) is 124 Å². The number of para-hydroxylation sites is 1. The third-order valence-electron chi connectivity index (χ3n) is 7.52. The van der Waals surface area contributed by atoms with E-state index in [9.17, 15) is 14.4 Å². The molecule has 3 aromatic carbocycles. The van der Waals surface area contributed by atoms with Gasteiger partial charge in [-0.1, -0.05) is 92.7 Å². The highest BCUT2D eigenvalue weighted by Gasteiger charge is 2.30. The van der Waals surface area contributed by atoms with Crippen molar-refractivity contribution >= 4 is 17.9 Å². The minimum atomic E-state index is -0.923. The minimum Gasteiger partial charge on any atom is -0.491 e. The van der Waals surface area contributed by atoms with Crippen LogP contribution in [-0.2, 0) is 36.8 Å². The summed E-state index contributed by atoms with van der Waals surface area (Å²) in [5, 5.41) is 8.49. The molecule has 10 nitrogen and oxygen atoms in total. The van der Waals surface area contributed by atoms with E-state index in [1.54, 1.807) is 0 Å². The molecule has 4 rings (SSSR count). The van der Waals surface area contributed by atoms with Gasteiger partial charge in [-0.15, -0.1) is 0 Å². The summed E-state index contributed by atoms with van der Waals surface area (Å²) in [7, 11) is 0. The van der Waals surface area contributed by atoms with Gasteiger partial charge in [0.05, 0.1) is 0 Å². The van der Waals surface area contributed by atoms with Crippen molar-refractivity contribution in [3.05, 3.63) is 102 Å². The van der Waals surface area contributed by atoms with Crippen molar-refractivity contribution < 1.29 is 33.3 Å². The summed E-state index contributed by atoms with van der Waals surface area (Å²) in [4.78, 5) is 39.8. The second kappa shape index (κ2) is 18.5. The van der Waals surface area contributed by atoms with Crippen molar-refractivity contribution in [2.75, 3.05) is 19.8 Å². The fourth-order valence-corrected chi connectivity index (χ4v) is 4.97. The van der Waals surface area contributed by atoms with Gasteiger partial charge in [0.2, 0.25) is 11.8 Å². The summed E-state index contributed by atoms with van der Waals surface area (Å²) in [6.07, 6.45) is 1.40. The van der Waals surface area contributed by atoms with Crippen LogP contribution in [0.25, 0.3) is 0 Å². The predicted molar refractivity (Wildman–Crippen MR) is 174 cm³/mol. The molecule has 0 bridgehead atoms. The Bertz CT molecular complexity index is 1340. The Balaban J connectivity index is 1.40. The molecule has 1 fully saturated rings. The first kappa shape index (κ1) is 34.5. The number of nitrogens with one attached hydrogen (secondary N) is 3. The van der Waals surface area contributed by atoms with Crippen LogP contribution in [0.2, 0.25) is 0 Å². The lowest BCUT2D eigenvalue weighted by Gasteiger charge is -2.29. The first-order valence-corrected chi connectivity index (χ1v) is 15.9. The second-order valence-electron chi connectivity index (χ2n) is 11.6. The van der Waals surface area contributed by atoms with Crippen LogP contribution in [0.5, 0.6) is 5.75 Å². The van der Waals surface area contributed by atoms with Gasteiger partial charge < -0.3 is 34.9 Å². The molecule has 1 aliphatic heterocycles. The number of carbonyl (C=O) groups is 3. The standard InChI is InChI=1S/C36H45N3O7/c1-26(2)33(39-36(42)45-24-28-16-8-4-9-17-28)35(41)38-31(22-27-14-6-3-7-15-27)34(40)37-23-30(46-32-20-12-13-21-43-32)25-44-29-18-10-5-11-19-29/h3-11,14-19,26,30-33H,12-13,20-25H2,1-2H3,(H,37,40)(H,38,41)(H,39,42)/t30?,31-,32?,33-/m0/s1. The van der Waals surface area contributed by atoms with Gasteiger partial charge in [0.25, 0.3) is 0 Å². The van der Waals surface area contributed by atoms with Crippen LogP contribution < -0.4 is 20.7 Å². The molecular formula is C36H45N3O7. The molecule has 3 N–H and O–H groups in total. The van der Waals surface area contributed by atoms with E-state index >= 15 is 0 Å². The normalized spacial score (nSPS) is 16.5. The van der Waals surface area contributed by atoms with Crippen LogP contribution in [0.4, 0.5) is 4.79 Å². The summed E-state index contributed by atoms with van der Waals surface area (Å²) in [6, 6.07) is 26.3. The maximum atomic E-state index is 13.7. The predicted octanol–water partition coefficient (Wildman–Crippen LogP) is 4.77. The van der Waals surface area contributed by atoms with Gasteiger partial charge in [-0.05, 0) is 48.4 Å². The molecule has 0 saturated carbocycles. The van der Waals surface area contributed by atoms with E-state index in [1.165, 1.54) is 0 Å². The first-order chi connectivity index (χ1) is 22.4. The lowest BCUT2D eigenvalue weighted by Crippen LogP contribution is -2.56. The monoisotopic (exact) mass is 631 g/mol. The van der Waals surface area contributed by atoms with E-state index in [4.69, 9.17) is 18.9 Å². The van der Waals surface area contributed by atoms with Crippen LogP contribution in [0.15, 0.2) is 91.0 Å². The first-order valence-electron chi connectivity index (χ1n) is 15.9. The molecule has 246 valence electrons. The molecule has 10 heteroatoms. The Kier molecular flexibility index (Phi) is 13.9. The van der Waals surface area contributed by atoms with Crippen molar-refractivity contribution in [1.29, 1.82) is 0 Å². The second-order valence-corrected chi connectivity index (χ2v) is 11.6. The Morgan fingerprint density at radius 2 is 1.48 bits per heavy atom. The fourth-order valence-electron chi connectivity index (χ4n) is 4.97. The summed E-state index contributed by atoms with van der Waals surface area (Å²) >= 11 is 0. The number of rotatable bonds is 16. The van der Waals surface area contributed by atoms with E-state index < -0.39 is 30.2 Å². The van der Waals surface area contributed by atoms with Gasteiger partial charge in [0, 0.05) is 19.6 Å². The zero-order valence-corrected chi connectivity index (χ0v) is 26.6. The number of benzene rings is 3. The molecule has 3 amide bonds. The third kappa shape index (κ3) is 11.8. The lowest BCUT2D eigenvalue weighted by atomic mass is 10.0. The maximum absolute atomic E-state index is 13.7. The summed E-state index contributed by atoms with van der Waals surface area (Å²) in [5.41, 5.74) is 1.70. The average molecular weight is 632 g/mol. The smallest absolute Gasteiger partial charge is 0.408 e.